The van der Waals surface area contributed by atoms with Crippen molar-refractivity contribution >= 4 is 55.8 Å². The number of rotatable bonds is 4. The second-order valence-electron chi connectivity index (χ2n) is 3.81. The quantitative estimate of drug-likeness (QED) is 0.391. The number of hydrogen-bond donors (Lipinski definition) is 3. The standard InChI is InChI=1S/C12H13BrIN5/c1-2-10-17-11(6-12(18-10)19-15)16-7-3-4-9(14)8(13)5-7/h3-6H,2,15H2,1H3,(H2,16,17,18,19). The first kappa shape index (κ1) is 14.5. The highest BCUT2D eigenvalue weighted by Gasteiger charge is 2.04. The maximum absolute atomic E-state index is 5.40. The van der Waals surface area contributed by atoms with Crippen LogP contribution in [0.3, 0.4) is 0 Å². The molecule has 100 valence electrons. The highest BCUT2D eigenvalue weighted by Crippen LogP contribution is 2.25. The van der Waals surface area contributed by atoms with Crippen molar-refractivity contribution in [1.82, 2.24) is 9.97 Å². The smallest absolute Gasteiger partial charge is 0.145 e. The van der Waals surface area contributed by atoms with Crippen LogP contribution in [0.25, 0.3) is 0 Å². The fourth-order valence-corrected chi connectivity index (χ4v) is 2.23. The van der Waals surface area contributed by atoms with E-state index >= 15 is 0 Å². The van der Waals surface area contributed by atoms with E-state index in [0.29, 0.717) is 11.6 Å². The molecule has 0 saturated carbocycles. The Balaban J connectivity index is 2.29. The largest absolute Gasteiger partial charge is 0.340 e. The van der Waals surface area contributed by atoms with Crippen LogP contribution in [0.4, 0.5) is 17.3 Å². The molecule has 1 aromatic heterocycles. The van der Waals surface area contributed by atoms with Crippen molar-refractivity contribution in [1.29, 1.82) is 0 Å². The minimum Gasteiger partial charge on any atom is -0.340 e. The molecule has 0 spiro atoms. The van der Waals surface area contributed by atoms with Crippen molar-refractivity contribution in [3.63, 3.8) is 0 Å². The number of nitrogens with two attached hydrogens (primary N) is 1. The van der Waals surface area contributed by atoms with E-state index in [0.717, 1.165) is 26.0 Å². The average molecular weight is 434 g/mol. The second kappa shape index (κ2) is 6.49. The van der Waals surface area contributed by atoms with E-state index < -0.39 is 0 Å². The summed E-state index contributed by atoms with van der Waals surface area (Å²) < 4.78 is 2.20. The molecular formula is C12H13BrIN5. The van der Waals surface area contributed by atoms with Crippen LogP contribution in [0, 0.1) is 3.57 Å². The lowest BCUT2D eigenvalue weighted by Gasteiger charge is -2.09. The predicted octanol–water partition coefficient (Wildman–Crippen LogP) is 3.44. The zero-order valence-electron chi connectivity index (χ0n) is 10.2. The van der Waals surface area contributed by atoms with Gasteiger partial charge in [0, 0.05) is 26.2 Å². The van der Waals surface area contributed by atoms with Gasteiger partial charge in [0.2, 0.25) is 0 Å². The molecule has 2 rings (SSSR count). The normalized spacial score (nSPS) is 10.3. The Hall–Kier alpha value is -0.930. The Morgan fingerprint density at radius 1 is 1.26 bits per heavy atom. The van der Waals surface area contributed by atoms with Crippen molar-refractivity contribution < 1.29 is 0 Å². The monoisotopic (exact) mass is 433 g/mol. The molecule has 5 nitrogen and oxygen atoms in total. The van der Waals surface area contributed by atoms with Crippen molar-refractivity contribution in [2.24, 2.45) is 5.84 Å². The van der Waals surface area contributed by atoms with Crippen LogP contribution in [0.5, 0.6) is 0 Å². The molecule has 0 radical (unpaired) electrons. The van der Waals surface area contributed by atoms with E-state index in [2.05, 4.69) is 59.2 Å². The van der Waals surface area contributed by atoms with Gasteiger partial charge in [0.1, 0.15) is 17.5 Å². The van der Waals surface area contributed by atoms with Crippen LogP contribution in [-0.4, -0.2) is 9.97 Å². The van der Waals surface area contributed by atoms with E-state index in [1.165, 1.54) is 0 Å². The van der Waals surface area contributed by atoms with Gasteiger partial charge in [-0.25, -0.2) is 15.8 Å². The summed E-state index contributed by atoms with van der Waals surface area (Å²) in [5.41, 5.74) is 3.50. The summed E-state index contributed by atoms with van der Waals surface area (Å²) in [7, 11) is 0. The maximum Gasteiger partial charge on any atom is 0.145 e. The Morgan fingerprint density at radius 2 is 2.00 bits per heavy atom. The molecule has 0 aliphatic rings. The number of aromatic nitrogens is 2. The molecule has 0 unspecified atom stereocenters. The maximum atomic E-state index is 5.40. The van der Waals surface area contributed by atoms with Gasteiger partial charge in [-0.05, 0) is 56.7 Å². The summed E-state index contributed by atoms with van der Waals surface area (Å²) >= 11 is 5.77. The van der Waals surface area contributed by atoms with Gasteiger partial charge in [0.25, 0.3) is 0 Å². The number of nitrogen functional groups attached to an aromatic ring is 1. The fourth-order valence-electron chi connectivity index (χ4n) is 1.51. The SMILES string of the molecule is CCc1nc(NN)cc(Nc2ccc(I)c(Br)c2)n1. The van der Waals surface area contributed by atoms with Crippen LogP contribution in [0.2, 0.25) is 0 Å². The summed E-state index contributed by atoms with van der Waals surface area (Å²) in [6.07, 6.45) is 0.751. The predicted molar refractivity (Wildman–Crippen MR) is 89.4 cm³/mol. The van der Waals surface area contributed by atoms with Crippen molar-refractivity contribution in [2.75, 3.05) is 10.7 Å². The molecule has 19 heavy (non-hydrogen) atoms. The number of halogens is 2. The van der Waals surface area contributed by atoms with E-state index in [1.54, 1.807) is 6.07 Å². The lowest BCUT2D eigenvalue weighted by molar-refractivity contribution is 0.941. The third kappa shape index (κ3) is 3.77. The van der Waals surface area contributed by atoms with Gasteiger partial charge in [-0.3, -0.25) is 0 Å². The molecule has 0 aliphatic heterocycles. The lowest BCUT2D eigenvalue weighted by Crippen LogP contribution is -2.11. The molecule has 0 fully saturated rings. The number of hydrazine groups is 1. The summed E-state index contributed by atoms with van der Waals surface area (Å²) in [4.78, 5) is 8.66. The van der Waals surface area contributed by atoms with Crippen LogP contribution < -0.4 is 16.6 Å². The molecule has 0 amide bonds. The molecule has 2 aromatic rings. The Bertz CT molecular complexity index is 568. The van der Waals surface area contributed by atoms with E-state index in [1.807, 2.05) is 25.1 Å². The Kier molecular flexibility index (Phi) is 4.94. The van der Waals surface area contributed by atoms with Gasteiger partial charge in [0.05, 0.1) is 0 Å². The van der Waals surface area contributed by atoms with Gasteiger partial charge in [-0.1, -0.05) is 6.92 Å². The topological polar surface area (TPSA) is 75.9 Å². The first-order valence-corrected chi connectivity index (χ1v) is 7.56. The van der Waals surface area contributed by atoms with Crippen molar-refractivity contribution in [3.05, 3.63) is 38.1 Å². The molecule has 1 aromatic carbocycles. The summed E-state index contributed by atoms with van der Waals surface area (Å²) in [6, 6.07) is 7.79. The van der Waals surface area contributed by atoms with Crippen LogP contribution in [0.15, 0.2) is 28.7 Å². The molecule has 7 heteroatoms. The highest BCUT2D eigenvalue weighted by molar-refractivity contribution is 14.1. The zero-order chi connectivity index (χ0) is 13.8. The summed E-state index contributed by atoms with van der Waals surface area (Å²) in [5, 5.41) is 3.24. The summed E-state index contributed by atoms with van der Waals surface area (Å²) in [5.74, 6) is 7.45. The van der Waals surface area contributed by atoms with Crippen molar-refractivity contribution in [2.45, 2.75) is 13.3 Å². The van der Waals surface area contributed by atoms with E-state index in [4.69, 9.17) is 5.84 Å². The van der Waals surface area contributed by atoms with Crippen molar-refractivity contribution in [3.8, 4) is 0 Å². The van der Waals surface area contributed by atoms with Crippen LogP contribution in [-0.2, 0) is 6.42 Å². The van der Waals surface area contributed by atoms with E-state index in [-0.39, 0.29) is 0 Å². The van der Waals surface area contributed by atoms with E-state index in [9.17, 15) is 0 Å². The molecule has 0 saturated heterocycles. The lowest BCUT2D eigenvalue weighted by atomic mass is 10.3. The highest BCUT2D eigenvalue weighted by atomic mass is 127. The molecule has 0 bridgehead atoms. The number of nitrogens with zero attached hydrogens (tertiary/aromatic N) is 2. The van der Waals surface area contributed by atoms with Crippen LogP contribution in [0.1, 0.15) is 12.7 Å². The average Bonchev–Trinajstić information content (AvgIpc) is 2.42. The molecule has 0 atom stereocenters. The Morgan fingerprint density at radius 3 is 2.63 bits per heavy atom. The number of nitrogens with one attached hydrogen (secondary N) is 2. The molecule has 4 N–H and O–H groups in total. The summed E-state index contributed by atoms with van der Waals surface area (Å²) in [6.45, 7) is 2.00. The zero-order valence-corrected chi connectivity index (χ0v) is 14.0. The Labute approximate surface area is 133 Å². The van der Waals surface area contributed by atoms with Gasteiger partial charge < -0.3 is 10.7 Å². The van der Waals surface area contributed by atoms with Gasteiger partial charge in [-0.15, -0.1) is 0 Å². The number of anilines is 3. The minimum atomic E-state index is 0.596. The second-order valence-corrected chi connectivity index (χ2v) is 5.82. The van der Waals surface area contributed by atoms with Gasteiger partial charge >= 0.3 is 0 Å². The van der Waals surface area contributed by atoms with Gasteiger partial charge in [-0.2, -0.15) is 0 Å². The fraction of sp³-hybridized carbons (Fsp3) is 0.167. The molecular weight excluding hydrogens is 421 g/mol. The van der Waals surface area contributed by atoms with Crippen LogP contribution >= 0.6 is 38.5 Å². The number of aryl methyl sites for hydroxylation is 1. The molecule has 0 aliphatic carbocycles. The van der Waals surface area contributed by atoms with Gasteiger partial charge in [0.15, 0.2) is 0 Å². The third-order valence-electron chi connectivity index (χ3n) is 2.43. The first-order valence-electron chi connectivity index (χ1n) is 5.69. The number of benzene rings is 1. The number of hydrogen-bond acceptors (Lipinski definition) is 5. The minimum absolute atomic E-state index is 0.596. The first-order chi connectivity index (χ1) is 9.12. The third-order valence-corrected chi connectivity index (χ3v) is 4.77. The molecule has 1 heterocycles.